The summed E-state index contributed by atoms with van der Waals surface area (Å²) in [6.45, 7) is 6.49. The molecule has 0 spiro atoms. The lowest BCUT2D eigenvalue weighted by Crippen LogP contribution is -2.36. The number of rotatable bonds is 13. The minimum Gasteiger partial charge on any atom is -0.496 e. The molecule has 7 heteroatoms. The molecular weight excluding hydrogens is 456 g/mol. The summed E-state index contributed by atoms with van der Waals surface area (Å²) in [5, 5.41) is 10.3. The zero-order valence-corrected chi connectivity index (χ0v) is 21.4. The van der Waals surface area contributed by atoms with E-state index < -0.39 is 5.97 Å². The van der Waals surface area contributed by atoms with Crippen molar-refractivity contribution in [2.45, 2.75) is 58.1 Å². The maximum Gasteiger partial charge on any atom is 0.335 e. The quantitative estimate of drug-likeness (QED) is 0.292. The van der Waals surface area contributed by atoms with Crippen molar-refractivity contribution in [2.24, 2.45) is 0 Å². The third-order valence-corrected chi connectivity index (χ3v) is 6.99. The van der Waals surface area contributed by atoms with Gasteiger partial charge >= 0.3 is 5.97 Å². The molecule has 7 nitrogen and oxygen atoms in total. The zero-order chi connectivity index (χ0) is 25.3. The van der Waals surface area contributed by atoms with Crippen LogP contribution in [0.4, 0.5) is 0 Å². The number of nitrogens with zero attached hydrogens (tertiary/aromatic N) is 1. The van der Waals surface area contributed by atoms with Crippen molar-refractivity contribution in [1.29, 1.82) is 0 Å². The number of aromatic carboxylic acids is 1. The molecule has 3 aromatic rings. The third-order valence-electron chi connectivity index (χ3n) is 6.99. The lowest BCUT2D eigenvalue weighted by atomic mass is 10.0. The Morgan fingerprint density at radius 3 is 2.61 bits per heavy atom. The van der Waals surface area contributed by atoms with Crippen LogP contribution in [-0.4, -0.2) is 60.5 Å². The van der Waals surface area contributed by atoms with Gasteiger partial charge in [-0.1, -0.05) is 12.5 Å². The maximum absolute atomic E-state index is 11.0. The number of carbonyl (C=O) groups is 1. The Hall–Kier alpha value is -3.03. The fourth-order valence-corrected chi connectivity index (χ4v) is 4.96. The number of benzene rings is 2. The average Bonchev–Trinajstić information content (AvgIpc) is 3.39. The Labute approximate surface area is 213 Å². The first kappa shape index (κ1) is 26.0. The number of nitrogens with one attached hydrogen (secondary N) is 1. The molecule has 1 aliphatic rings. The highest BCUT2D eigenvalue weighted by molar-refractivity contribution is 5.88. The SMILES string of the molecule is COc1cc(C)c2[nH]ccc2c1CN1CCC(OCCCCCCOc2cccc(C(=O)O)c2)CC1. The highest BCUT2D eigenvalue weighted by Crippen LogP contribution is 2.32. The average molecular weight is 495 g/mol. The second-order valence-electron chi connectivity index (χ2n) is 9.58. The van der Waals surface area contributed by atoms with Crippen LogP contribution in [0.15, 0.2) is 42.6 Å². The van der Waals surface area contributed by atoms with Gasteiger partial charge in [0, 0.05) is 48.9 Å². The van der Waals surface area contributed by atoms with Crippen LogP contribution in [0.3, 0.4) is 0 Å². The Morgan fingerprint density at radius 1 is 1.08 bits per heavy atom. The lowest BCUT2D eigenvalue weighted by Gasteiger charge is -2.32. The summed E-state index contributed by atoms with van der Waals surface area (Å²) in [6, 6.07) is 10.9. The predicted octanol–water partition coefficient (Wildman–Crippen LogP) is 5.80. The summed E-state index contributed by atoms with van der Waals surface area (Å²) in [6.07, 6.45) is 8.67. The number of unbranched alkanes of at least 4 members (excludes halogenated alkanes) is 3. The van der Waals surface area contributed by atoms with Gasteiger partial charge in [0.25, 0.3) is 0 Å². The number of ether oxygens (including phenoxy) is 3. The van der Waals surface area contributed by atoms with E-state index in [9.17, 15) is 4.79 Å². The second-order valence-corrected chi connectivity index (χ2v) is 9.58. The van der Waals surface area contributed by atoms with Crippen molar-refractivity contribution in [3.63, 3.8) is 0 Å². The largest absolute Gasteiger partial charge is 0.496 e. The van der Waals surface area contributed by atoms with Gasteiger partial charge in [-0.2, -0.15) is 0 Å². The van der Waals surface area contributed by atoms with Crippen molar-refractivity contribution in [1.82, 2.24) is 9.88 Å². The number of fused-ring (bicyclic) bond motifs is 1. The Balaban J connectivity index is 1.09. The Morgan fingerprint density at radius 2 is 1.86 bits per heavy atom. The molecule has 2 N–H and O–H groups in total. The molecule has 1 saturated heterocycles. The third kappa shape index (κ3) is 6.80. The first-order valence-electron chi connectivity index (χ1n) is 13.0. The van der Waals surface area contributed by atoms with Crippen molar-refractivity contribution < 1.29 is 24.1 Å². The van der Waals surface area contributed by atoms with Crippen molar-refractivity contribution in [3.05, 3.63) is 59.3 Å². The van der Waals surface area contributed by atoms with Gasteiger partial charge in [0.2, 0.25) is 0 Å². The number of aromatic amines is 1. The van der Waals surface area contributed by atoms with Crippen LogP contribution in [0.25, 0.3) is 10.9 Å². The predicted molar refractivity (Wildman–Crippen MR) is 141 cm³/mol. The summed E-state index contributed by atoms with van der Waals surface area (Å²) in [7, 11) is 1.75. The first-order valence-corrected chi connectivity index (χ1v) is 13.0. The summed E-state index contributed by atoms with van der Waals surface area (Å²) in [4.78, 5) is 16.9. The van der Waals surface area contributed by atoms with Crippen LogP contribution in [0, 0.1) is 6.92 Å². The highest BCUT2D eigenvalue weighted by atomic mass is 16.5. The molecule has 4 rings (SSSR count). The van der Waals surface area contributed by atoms with E-state index in [4.69, 9.17) is 19.3 Å². The van der Waals surface area contributed by atoms with Crippen LogP contribution in [0.2, 0.25) is 0 Å². The number of carboxylic acids is 1. The van der Waals surface area contributed by atoms with Crippen LogP contribution < -0.4 is 9.47 Å². The van der Waals surface area contributed by atoms with E-state index in [1.54, 1.807) is 31.4 Å². The summed E-state index contributed by atoms with van der Waals surface area (Å²) in [5.74, 6) is 0.649. The number of likely N-dealkylation sites (tertiary alicyclic amines) is 1. The molecule has 1 aliphatic heterocycles. The molecule has 0 bridgehead atoms. The molecular formula is C29H38N2O5. The number of aromatic nitrogens is 1. The van der Waals surface area contributed by atoms with Crippen LogP contribution >= 0.6 is 0 Å². The van der Waals surface area contributed by atoms with E-state index in [2.05, 4.69) is 28.9 Å². The van der Waals surface area contributed by atoms with E-state index in [1.807, 2.05) is 6.20 Å². The smallest absolute Gasteiger partial charge is 0.335 e. The van der Waals surface area contributed by atoms with E-state index in [1.165, 1.54) is 22.0 Å². The number of methoxy groups -OCH3 is 1. The normalized spacial score (nSPS) is 14.8. The van der Waals surface area contributed by atoms with E-state index in [0.29, 0.717) is 18.5 Å². The zero-order valence-electron chi connectivity index (χ0n) is 21.4. The number of carboxylic acid groups (broad SMARTS) is 1. The first-order chi connectivity index (χ1) is 17.5. The van der Waals surface area contributed by atoms with Gasteiger partial charge < -0.3 is 24.3 Å². The molecule has 0 amide bonds. The number of H-pyrrole nitrogens is 1. The minimum absolute atomic E-state index is 0.253. The fourth-order valence-electron chi connectivity index (χ4n) is 4.96. The number of piperidine rings is 1. The lowest BCUT2D eigenvalue weighted by molar-refractivity contribution is 0.00419. The van der Waals surface area contributed by atoms with Gasteiger partial charge in [0.1, 0.15) is 11.5 Å². The highest BCUT2D eigenvalue weighted by Gasteiger charge is 2.22. The van der Waals surface area contributed by atoms with E-state index in [-0.39, 0.29) is 5.56 Å². The summed E-state index contributed by atoms with van der Waals surface area (Å²) >= 11 is 0. The molecule has 194 valence electrons. The topological polar surface area (TPSA) is 84.0 Å². The molecule has 1 aromatic heterocycles. The van der Waals surface area contributed by atoms with Gasteiger partial charge in [-0.15, -0.1) is 0 Å². The maximum atomic E-state index is 11.0. The van der Waals surface area contributed by atoms with Crippen molar-refractivity contribution in [3.8, 4) is 11.5 Å². The van der Waals surface area contributed by atoms with Gasteiger partial charge in [-0.25, -0.2) is 4.79 Å². The second kappa shape index (κ2) is 12.8. The van der Waals surface area contributed by atoms with Gasteiger partial charge in [-0.05, 0) is 74.9 Å². The molecule has 0 radical (unpaired) electrons. The molecule has 36 heavy (non-hydrogen) atoms. The molecule has 2 aromatic carbocycles. The summed E-state index contributed by atoms with van der Waals surface area (Å²) < 4.78 is 17.6. The minimum atomic E-state index is -0.934. The summed E-state index contributed by atoms with van der Waals surface area (Å²) in [5.41, 5.74) is 3.92. The van der Waals surface area contributed by atoms with Crippen LogP contribution in [-0.2, 0) is 11.3 Å². The number of hydrogen-bond acceptors (Lipinski definition) is 5. The molecule has 0 saturated carbocycles. The Kier molecular flexibility index (Phi) is 9.25. The van der Waals surface area contributed by atoms with E-state index in [0.717, 1.165) is 70.5 Å². The standard InChI is InChI=1S/C29H38N2O5/c1-21-18-27(34-2)26(25-10-13-30-28(21)25)20-31-14-11-23(12-15-31)35-16-5-3-4-6-17-36-24-9-7-8-22(19-24)29(32)33/h7-10,13,18-19,23,30H,3-6,11-12,14-17,20H2,1-2H3,(H,32,33). The van der Waals surface area contributed by atoms with Crippen molar-refractivity contribution >= 4 is 16.9 Å². The van der Waals surface area contributed by atoms with Gasteiger partial charge in [0.05, 0.1) is 25.4 Å². The molecule has 0 unspecified atom stereocenters. The number of hydrogen-bond donors (Lipinski definition) is 2. The molecule has 0 aliphatic carbocycles. The van der Waals surface area contributed by atoms with Gasteiger partial charge in [0.15, 0.2) is 0 Å². The van der Waals surface area contributed by atoms with Gasteiger partial charge in [-0.3, -0.25) is 4.90 Å². The molecule has 2 heterocycles. The van der Waals surface area contributed by atoms with Crippen LogP contribution in [0.1, 0.15) is 60.0 Å². The van der Waals surface area contributed by atoms with Crippen molar-refractivity contribution in [2.75, 3.05) is 33.4 Å². The Bertz CT molecular complexity index is 1130. The fraction of sp³-hybridized carbons (Fsp3) is 0.483. The molecule has 0 atom stereocenters. The molecule has 1 fully saturated rings. The number of aryl methyl sites for hydroxylation is 1. The van der Waals surface area contributed by atoms with E-state index >= 15 is 0 Å². The monoisotopic (exact) mass is 494 g/mol. The van der Waals surface area contributed by atoms with Crippen LogP contribution in [0.5, 0.6) is 11.5 Å².